The highest BCUT2D eigenvalue weighted by Crippen LogP contribution is 2.40. The summed E-state index contributed by atoms with van der Waals surface area (Å²) >= 11 is 3.45. The van der Waals surface area contributed by atoms with Gasteiger partial charge in [-0.2, -0.15) is 0 Å². The molecule has 0 radical (unpaired) electrons. The van der Waals surface area contributed by atoms with E-state index in [2.05, 4.69) is 25.9 Å². The van der Waals surface area contributed by atoms with E-state index in [1.165, 1.54) is 0 Å². The van der Waals surface area contributed by atoms with Crippen LogP contribution in [0.3, 0.4) is 0 Å². The van der Waals surface area contributed by atoms with Crippen molar-refractivity contribution in [2.45, 2.75) is 31.2 Å². The minimum atomic E-state index is -0.234. The Labute approximate surface area is 167 Å². The van der Waals surface area contributed by atoms with Crippen molar-refractivity contribution in [3.63, 3.8) is 0 Å². The molecule has 144 valence electrons. The molecule has 1 saturated carbocycles. The Balaban J connectivity index is 1.53. The van der Waals surface area contributed by atoms with Gasteiger partial charge in [0.15, 0.2) is 0 Å². The van der Waals surface area contributed by atoms with Crippen LogP contribution in [0.4, 0.5) is 0 Å². The topological polar surface area (TPSA) is 78.5 Å². The van der Waals surface area contributed by atoms with Crippen LogP contribution in [0.5, 0.6) is 0 Å². The number of morpholine rings is 1. The van der Waals surface area contributed by atoms with Crippen molar-refractivity contribution >= 4 is 21.8 Å². The van der Waals surface area contributed by atoms with Crippen LogP contribution in [0, 0.1) is 5.92 Å². The lowest BCUT2D eigenvalue weighted by Gasteiger charge is -2.37. The lowest BCUT2D eigenvalue weighted by Crippen LogP contribution is -2.52. The first-order valence-electron chi connectivity index (χ1n) is 9.47. The molecule has 2 heterocycles. The monoisotopic (exact) mass is 433 g/mol. The Hall–Kier alpha value is -1.70. The van der Waals surface area contributed by atoms with Crippen molar-refractivity contribution in [1.29, 1.82) is 0 Å². The van der Waals surface area contributed by atoms with Crippen molar-refractivity contribution in [2.24, 2.45) is 5.92 Å². The minimum Gasteiger partial charge on any atom is -0.394 e. The molecule has 3 atom stereocenters. The second-order valence-electron chi connectivity index (χ2n) is 7.28. The first-order valence-corrected chi connectivity index (χ1v) is 10.3. The summed E-state index contributed by atoms with van der Waals surface area (Å²) in [5.74, 6) is 1.03. The van der Waals surface area contributed by atoms with Crippen LogP contribution < -0.4 is 0 Å². The summed E-state index contributed by atoms with van der Waals surface area (Å²) in [4.78, 5) is 23.0. The van der Waals surface area contributed by atoms with E-state index < -0.39 is 0 Å². The van der Waals surface area contributed by atoms with E-state index in [9.17, 15) is 9.90 Å². The van der Waals surface area contributed by atoms with E-state index in [4.69, 9.17) is 4.74 Å². The van der Waals surface area contributed by atoms with E-state index in [0.717, 1.165) is 40.8 Å². The Morgan fingerprint density at radius 1 is 1.33 bits per heavy atom. The predicted octanol–water partition coefficient (Wildman–Crippen LogP) is 2.94. The summed E-state index contributed by atoms with van der Waals surface area (Å²) < 4.78 is 6.45. The van der Waals surface area contributed by atoms with Crippen LogP contribution >= 0.6 is 15.9 Å². The van der Waals surface area contributed by atoms with Crippen LogP contribution in [0.15, 0.2) is 34.9 Å². The lowest BCUT2D eigenvalue weighted by atomic mass is 9.93. The molecule has 2 unspecified atom stereocenters. The molecule has 7 heteroatoms. The van der Waals surface area contributed by atoms with Gasteiger partial charge in [-0.15, -0.1) is 0 Å². The van der Waals surface area contributed by atoms with Gasteiger partial charge in [0.1, 0.15) is 5.82 Å². The van der Waals surface area contributed by atoms with Gasteiger partial charge in [-0.1, -0.05) is 34.5 Å². The third kappa shape index (κ3) is 3.81. The molecule has 2 aliphatic rings. The van der Waals surface area contributed by atoms with Gasteiger partial charge in [0.05, 0.1) is 37.8 Å². The molecule has 2 N–H and O–H groups in total. The maximum atomic E-state index is 13.2. The van der Waals surface area contributed by atoms with Gasteiger partial charge in [0.2, 0.25) is 5.91 Å². The standard InChI is InChI=1S/C20H24BrN3O3/c21-14-6-4-13(5-7-14)18-10-22-19(23-18)16-2-1-3-17(16)20(26)24-8-9-27-12-15(24)11-25/h4-7,10,15-17,25H,1-3,8-9,11-12H2,(H,22,23)/t15-,16?,17?/m1/s1. The number of H-pyrrole nitrogens is 1. The summed E-state index contributed by atoms with van der Waals surface area (Å²) in [5, 5.41) is 9.59. The number of amides is 1. The Morgan fingerprint density at radius 3 is 2.93 bits per heavy atom. The summed E-state index contributed by atoms with van der Waals surface area (Å²) in [6.07, 6.45) is 4.69. The van der Waals surface area contributed by atoms with Crippen molar-refractivity contribution in [3.8, 4) is 11.3 Å². The largest absolute Gasteiger partial charge is 0.394 e. The number of carbonyl (C=O) groups is 1. The molecule has 2 fully saturated rings. The molecule has 1 aromatic carbocycles. The van der Waals surface area contributed by atoms with E-state index >= 15 is 0 Å². The maximum absolute atomic E-state index is 13.2. The fourth-order valence-corrected chi connectivity index (χ4v) is 4.46. The number of benzene rings is 1. The zero-order valence-corrected chi connectivity index (χ0v) is 16.7. The van der Waals surface area contributed by atoms with Crippen molar-refractivity contribution < 1.29 is 14.6 Å². The second kappa shape index (κ2) is 8.12. The lowest BCUT2D eigenvalue weighted by molar-refractivity contribution is -0.146. The molecule has 0 bridgehead atoms. The highest BCUT2D eigenvalue weighted by molar-refractivity contribution is 9.10. The molecule has 0 spiro atoms. The first kappa shape index (κ1) is 18.7. The number of aliphatic hydroxyl groups excluding tert-OH is 1. The molecule has 2 aromatic rings. The number of ether oxygens (including phenoxy) is 1. The fraction of sp³-hybridized carbons (Fsp3) is 0.500. The molecule has 27 heavy (non-hydrogen) atoms. The molecule has 6 nitrogen and oxygen atoms in total. The number of imidazole rings is 1. The fourth-order valence-electron chi connectivity index (χ4n) is 4.19. The second-order valence-corrected chi connectivity index (χ2v) is 8.19. The van der Waals surface area contributed by atoms with Gasteiger partial charge in [0, 0.05) is 22.9 Å². The molecule has 4 rings (SSSR count). The summed E-state index contributed by atoms with van der Waals surface area (Å²) in [6, 6.07) is 7.86. The zero-order valence-electron chi connectivity index (χ0n) is 15.1. The molecule has 1 aromatic heterocycles. The molecular weight excluding hydrogens is 410 g/mol. The van der Waals surface area contributed by atoms with Crippen LogP contribution in [0.1, 0.15) is 31.0 Å². The van der Waals surface area contributed by atoms with Gasteiger partial charge in [-0.3, -0.25) is 4.79 Å². The number of carbonyl (C=O) groups excluding carboxylic acids is 1. The summed E-state index contributed by atoms with van der Waals surface area (Å²) in [7, 11) is 0. The Morgan fingerprint density at radius 2 is 2.15 bits per heavy atom. The van der Waals surface area contributed by atoms with Gasteiger partial charge >= 0.3 is 0 Å². The van der Waals surface area contributed by atoms with Crippen LogP contribution in [0.2, 0.25) is 0 Å². The molecule has 1 saturated heterocycles. The Bertz CT molecular complexity index is 792. The number of hydrogen-bond acceptors (Lipinski definition) is 4. The third-order valence-electron chi connectivity index (χ3n) is 5.66. The van der Waals surface area contributed by atoms with E-state index in [1.54, 1.807) is 0 Å². The Kier molecular flexibility index (Phi) is 5.61. The number of nitrogens with one attached hydrogen (secondary N) is 1. The number of rotatable bonds is 4. The number of aromatic nitrogens is 2. The normalized spacial score (nSPS) is 25.7. The quantitative estimate of drug-likeness (QED) is 0.776. The summed E-state index contributed by atoms with van der Waals surface area (Å²) in [5.41, 5.74) is 2.04. The molecule has 1 amide bonds. The maximum Gasteiger partial charge on any atom is 0.226 e. The number of aromatic amines is 1. The minimum absolute atomic E-state index is 0.0579. The van der Waals surface area contributed by atoms with Crippen molar-refractivity contribution in [1.82, 2.24) is 14.9 Å². The average Bonchev–Trinajstić information content (AvgIpc) is 3.37. The van der Waals surface area contributed by atoms with Crippen molar-refractivity contribution in [2.75, 3.05) is 26.4 Å². The van der Waals surface area contributed by atoms with Gasteiger partial charge < -0.3 is 19.7 Å². The highest BCUT2D eigenvalue weighted by Gasteiger charge is 2.40. The van der Waals surface area contributed by atoms with E-state index in [-0.39, 0.29) is 30.4 Å². The molecular formula is C20H24BrN3O3. The number of halogens is 1. The SMILES string of the molecule is O=C(C1CCCC1c1ncc(-c2ccc(Br)cc2)[nH]1)N1CCOC[C@H]1CO. The molecule has 1 aliphatic carbocycles. The summed E-state index contributed by atoms with van der Waals surface area (Å²) in [6.45, 7) is 1.44. The average molecular weight is 434 g/mol. The first-order chi connectivity index (χ1) is 13.2. The van der Waals surface area contributed by atoms with E-state index in [1.807, 2.05) is 35.4 Å². The predicted molar refractivity (Wildman–Crippen MR) is 105 cm³/mol. The van der Waals surface area contributed by atoms with Crippen LogP contribution in [0.25, 0.3) is 11.3 Å². The smallest absolute Gasteiger partial charge is 0.226 e. The molecule has 1 aliphatic heterocycles. The van der Waals surface area contributed by atoms with Gasteiger partial charge in [0.25, 0.3) is 0 Å². The van der Waals surface area contributed by atoms with Gasteiger partial charge in [-0.25, -0.2) is 4.98 Å². The van der Waals surface area contributed by atoms with Crippen LogP contribution in [-0.2, 0) is 9.53 Å². The highest BCUT2D eigenvalue weighted by atomic mass is 79.9. The number of hydrogen-bond donors (Lipinski definition) is 2. The van der Waals surface area contributed by atoms with Gasteiger partial charge in [-0.05, 0) is 30.5 Å². The van der Waals surface area contributed by atoms with E-state index in [0.29, 0.717) is 19.8 Å². The number of aliphatic hydroxyl groups is 1. The number of nitrogens with zero attached hydrogens (tertiary/aromatic N) is 2. The van der Waals surface area contributed by atoms with Crippen LogP contribution in [-0.4, -0.2) is 58.3 Å². The van der Waals surface area contributed by atoms with Crippen molar-refractivity contribution in [3.05, 3.63) is 40.8 Å². The zero-order chi connectivity index (χ0) is 18.8. The third-order valence-corrected chi connectivity index (χ3v) is 6.19.